The number of nitrogens with zero attached hydrogens (tertiary/aromatic N) is 1. The van der Waals surface area contributed by atoms with Crippen molar-refractivity contribution >= 4 is 23.7 Å². The fourth-order valence-corrected chi connectivity index (χ4v) is 2.28. The zero-order valence-corrected chi connectivity index (χ0v) is 14.6. The van der Waals surface area contributed by atoms with E-state index in [2.05, 4.69) is 29.5 Å². The molecule has 2 aromatic carbocycles. The number of carbonyl (C=O) groups excluding carboxylic acids is 1. The monoisotopic (exact) mass is 344 g/mol. The second kappa shape index (κ2) is 9.08. The summed E-state index contributed by atoms with van der Waals surface area (Å²) in [6.07, 6.45) is 2.54. The van der Waals surface area contributed by atoms with E-state index in [1.165, 1.54) is 11.8 Å². The highest BCUT2D eigenvalue weighted by molar-refractivity contribution is 6.30. The van der Waals surface area contributed by atoms with Gasteiger partial charge in [0.1, 0.15) is 0 Å². The van der Waals surface area contributed by atoms with E-state index in [9.17, 15) is 4.79 Å². The van der Waals surface area contributed by atoms with Crippen LogP contribution >= 0.6 is 11.6 Å². The molecular weight excluding hydrogens is 324 g/mol. The van der Waals surface area contributed by atoms with Crippen LogP contribution in [0.3, 0.4) is 0 Å². The predicted molar refractivity (Wildman–Crippen MR) is 97.4 cm³/mol. The molecule has 0 saturated carbocycles. The zero-order valence-electron chi connectivity index (χ0n) is 13.8. The maximum Gasteiger partial charge on any atom is 0.261 e. The predicted octanol–water partition coefficient (Wildman–Crippen LogP) is 4.13. The van der Waals surface area contributed by atoms with Crippen molar-refractivity contribution < 1.29 is 9.63 Å². The number of benzene rings is 2. The van der Waals surface area contributed by atoms with Gasteiger partial charge in [0.05, 0.1) is 12.3 Å². The molecule has 24 heavy (non-hydrogen) atoms. The standard InChI is InChI=1S/C19H21ClN2O2/c1-3-15-4-8-17(9-5-15)14(2)22-19(23)13-24-21-12-16-6-10-18(20)11-7-16/h4-12,14H,3,13H2,1-2H3,(H,22,23)/b21-12-/t14-/m1/s1. The number of nitrogens with one attached hydrogen (secondary N) is 1. The molecule has 0 aliphatic carbocycles. The molecule has 2 aromatic rings. The van der Waals surface area contributed by atoms with E-state index in [1.807, 2.05) is 31.2 Å². The summed E-state index contributed by atoms with van der Waals surface area (Å²) in [6, 6.07) is 15.3. The lowest BCUT2D eigenvalue weighted by atomic mass is 10.1. The van der Waals surface area contributed by atoms with E-state index in [0.717, 1.165) is 17.5 Å². The molecular formula is C19H21ClN2O2. The topological polar surface area (TPSA) is 50.7 Å². The largest absolute Gasteiger partial charge is 0.386 e. The maximum atomic E-state index is 11.9. The van der Waals surface area contributed by atoms with Gasteiger partial charge in [-0.1, -0.05) is 60.1 Å². The molecule has 0 heterocycles. The third kappa shape index (κ3) is 5.70. The molecule has 1 N–H and O–H groups in total. The minimum absolute atomic E-state index is 0.0766. The fourth-order valence-electron chi connectivity index (χ4n) is 2.15. The number of amides is 1. The molecule has 0 unspecified atom stereocenters. The summed E-state index contributed by atoms with van der Waals surface area (Å²) >= 11 is 5.80. The van der Waals surface area contributed by atoms with Gasteiger partial charge in [-0.05, 0) is 42.2 Å². The van der Waals surface area contributed by atoms with Gasteiger partial charge in [-0.25, -0.2) is 0 Å². The lowest BCUT2D eigenvalue weighted by Crippen LogP contribution is -2.29. The molecule has 0 radical (unpaired) electrons. The second-order valence-electron chi connectivity index (χ2n) is 5.44. The first kappa shape index (κ1) is 18.0. The first-order valence-corrected chi connectivity index (χ1v) is 8.25. The molecule has 0 aliphatic heterocycles. The van der Waals surface area contributed by atoms with E-state index < -0.39 is 0 Å². The Bertz CT molecular complexity index is 682. The van der Waals surface area contributed by atoms with E-state index in [-0.39, 0.29) is 18.6 Å². The van der Waals surface area contributed by atoms with E-state index >= 15 is 0 Å². The highest BCUT2D eigenvalue weighted by Gasteiger charge is 2.09. The third-order valence-electron chi connectivity index (χ3n) is 3.61. The van der Waals surface area contributed by atoms with Crippen LogP contribution in [0.1, 0.15) is 36.6 Å². The van der Waals surface area contributed by atoms with Crippen LogP contribution in [0.4, 0.5) is 0 Å². The number of aryl methyl sites for hydroxylation is 1. The van der Waals surface area contributed by atoms with Crippen LogP contribution in [-0.4, -0.2) is 18.7 Å². The molecule has 1 amide bonds. The van der Waals surface area contributed by atoms with E-state index in [1.54, 1.807) is 12.1 Å². The molecule has 0 saturated heterocycles. The molecule has 5 heteroatoms. The van der Waals surface area contributed by atoms with Crippen molar-refractivity contribution in [1.29, 1.82) is 0 Å². The van der Waals surface area contributed by atoms with Gasteiger partial charge in [0.15, 0.2) is 6.61 Å². The van der Waals surface area contributed by atoms with Gasteiger partial charge in [0, 0.05) is 5.02 Å². The summed E-state index contributed by atoms with van der Waals surface area (Å²) in [7, 11) is 0. The van der Waals surface area contributed by atoms with E-state index in [0.29, 0.717) is 5.02 Å². The lowest BCUT2D eigenvalue weighted by molar-refractivity contribution is -0.126. The Hall–Kier alpha value is -2.33. The van der Waals surface area contributed by atoms with Gasteiger partial charge < -0.3 is 10.2 Å². The summed E-state index contributed by atoms with van der Waals surface area (Å²) < 4.78 is 0. The van der Waals surface area contributed by atoms with Crippen LogP contribution < -0.4 is 5.32 Å². The second-order valence-corrected chi connectivity index (χ2v) is 5.88. The Morgan fingerprint density at radius 2 is 1.88 bits per heavy atom. The summed E-state index contributed by atoms with van der Waals surface area (Å²) in [4.78, 5) is 16.9. The van der Waals surface area contributed by atoms with Gasteiger partial charge in [-0.3, -0.25) is 4.79 Å². The van der Waals surface area contributed by atoms with Crippen molar-refractivity contribution in [3.63, 3.8) is 0 Å². The smallest absolute Gasteiger partial charge is 0.261 e. The molecule has 126 valence electrons. The van der Waals surface area contributed by atoms with E-state index in [4.69, 9.17) is 16.4 Å². The highest BCUT2D eigenvalue weighted by atomic mass is 35.5. The molecule has 1 atom stereocenters. The Balaban J connectivity index is 1.76. The van der Waals surface area contributed by atoms with Crippen LogP contribution in [0, 0.1) is 0 Å². The minimum Gasteiger partial charge on any atom is -0.386 e. The van der Waals surface area contributed by atoms with Crippen molar-refractivity contribution in [2.24, 2.45) is 5.16 Å². The highest BCUT2D eigenvalue weighted by Crippen LogP contribution is 2.13. The van der Waals surface area contributed by atoms with Crippen molar-refractivity contribution in [3.05, 3.63) is 70.2 Å². The van der Waals surface area contributed by atoms with Gasteiger partial charge >= 0.3 is 0 Å². The number of oxime groups is 1. The summed E-state index contributed by atoms with van der Waals surface area (Å²) in [6.45, 7) is 3.93. The zero-order chi connectivity index (χ0) is 17.4. The van der Waals surface area contributed by atoms with Crippen LogP contribution in [0.15, 0.2) is 53.7 Å². The molecule has 0 aromatic heterocycles. The number of hydrogen-bond donors (Lipinski definition) is 1. The molecule has 0 fully saturated rings. The summed E-state index contributed by atoms with van der Waals surface area (Å²) in [5, 5.41) is 7.33. The normalized spacial score (nSPS) is 12.1. The summed E-state index contributed by atoms with van der Waals surface area (Å²) in [5.41, 5.74) is 3.19. The Morgan fingerprint density at radius 1 is 1.21 bits per heavy atom. The summed E-state index contributed by atoms with van der Waals surface area (Å²) in [5.74, 6) is -0.213. The third-order valence-corrected chi connectivity index (χ3v) is 3.86. The maximum absolute atomic E-state index is 11.9. The van der Waals surface area contributed by atoms with Gasteiger partial charge in [-0.15, -0.1) is 0 Å². The quantitative estimate of drug-likeness (QED) is 0.606. The van der Waals surface area contributed by atoms with Crippen LogP contribution in [0.25, 0.3) is 0 Å². The lowest BCUT2D eigenvalue weighted by Gasteiger charge is -2.14. The van der Waals surface area contributed by atoms with Crippen LogP contribution in [0.5, 0.6) is 0 Å². The molecule has 0 spiro atoms. The Kier molecular flexibility index (Phi) is 6.82. The SMILES string of the molecule is CCc1ccc([C@@H](C)NC(=O)CO/N=C\c2ccc(Cl)cc2)cc1. The molecule has 4 nitrogen and oxygen atoms in total. The minimum atomic E-state index is -0.213. The molecule has 0 bridgehead atoms. The first-order valence-electron chi connectivity index (χ1n) is 7.87. The average molecular weight is 345 g/mol. The Labute approximate surface area is 147 Å². The number of hydrogen-bond acceptors (Lipinski definition) is 3. The average Bonchev–Trinajstić information content (AvgIpc) is 2.60. The van der Waals surface area contributed by atoms with Gasteiger partial charge in [0.2, 0.25) is 0 Å². The van der Waals surface area contributed by atoms with Gasteiger partial charge in [-0.2, -0.15) is 0 Å². The van der Waals surface area contributed by atoms with Crippen molar-refractivity contribution in [1.82, 2.24) is 5.32 Å². The molecule has 0 aliphatic rings. The van der Waals surface area contributed by atoms with Crippen LogP contribution in [-0.2, 0) is 16.1 Å². The number of rotatable bonds is 7. The van der Waals surface area contributed by atoms with Crippen molar-refractivity contribution in [2.75, 3.05) is 6.61 Å². The van der Waals surface area contributed by atoms with Gasteiger partial charge in [0.25, 0.3) is 5.91 Å². The molecule has 2 rings (SSSR count). The van der Waals surface area contributed by atoms with Crippen molar-refractivity contribution in [3.8, 4) is 0 Å². The van der Waals surface area contributed by atoms with Crippen molar-refractivity contribution in [2.45, 2.75) is 26.3 Å². The first-order chi connectivity index (χ1) is 11.6. The number of halogens is 1. The Morgan fingerprint density at radius 3 is 2.50 bits per heavy atom. The van der Waals surface area contributed by atoms with Crippen LogP contribution in [0.2, 0.25) is 5.02 Å². The number of carbonyl (C=O) groups is 1. The fraction of sp³-hybridized carbons (Fsp3) is 0.263.